The maximum Gasteiger partial charge on any atom is 0.344 e. The highest BCUT2D eigenvalue weighted by Crippen LogP contribution is 2.35. The van der Waals surface area contributed by atoms with E-state index in [0.29, 0.717) is 19.8 Å². The number of rotatable bonds is 7. The lowest BCUT2D eigenvalue weighted by molar-refractivity contribution is -0.125. The van der Waals surface area contributed by atoms with Gasteiger partial charge >= 0.3 is 5.97 Å². The Bertz CT molecular complexity index is 1010. The van der Waals surface area contributed by atoms with Gasteiger partial charge in [0.05, 0.1) is 23.8 Å². The molecular weight excluding hydrogens is 465 g/mol. The Morgan fingerprint density at radius 1 is 1.24 bits per heavy atom. The van der Waals surface area contributed by atoms with Crippen LogP contribution in [0.25, 0.3) is 11.3 Å². The molecule has 184 valence electrons. The molecule has 8 nitrogen and oxygen atoms in total. The van der Waals surface area contributed by atoms with E-state index in [1.165, 1.54) is 31.5 Å². The Kier molecular flexibility index (Phi) is 7.85. The minimum Gasteiger partial charge on any atom is -0.452 e. The van der Waals surface area contributed by atoms with Crippen LogP contribution in [0.3, 0.4) is 0 Å². The summed E-state index contributed by atoms with van der Waals surface area (Å²) < 4.78 is 30.2. The summed E-state index contributed by atoms with van der Waals surface area (Å²) in [6.45, 7) is 4.62. The van der Waals surface area contributed by atoms with Gasteiger partial charge in [-0.1, -0.05) is 42.1 Å². The molecule has 2 fully saturated rings. The van der Waals surface area contributed by atoms with Gasteiger partial charge in [0, 0.05) is 25.2 Å². The summed E-state index contributed by atoms with van der Waals surface area (Å²) in [5, 5.41) is 6.83. The predicted octanol–water partition coefficient (Wildman–Crippen LogP) is 3.75. The van der Waals surface area contributed by atoms with Crippen LogP contribution in [0.15, 0.2) is 22.7 Å². The second-order valence-corrected chi connectivity index (χ2v) is 9.20. The van der Waals surface area contributed by atoms with Gasteiger partial charge in [-0.05, 0) is 31.9 Å². The quantitative estimate of drug-likeness (QED) is 0.587. The third-order valence-corrected chi connectivity index (χ3v) is 7.00. The molecule has 1 saturated heterocycles. The number of nitrogens with one attached hydrogen (secondary N) is 1. The van der Waals surface area contributed by atoms with E-state index in [-0.39, 0.29) is 33.1 Å². The Balaban J connectivity index is 1.39. The number of morpholine rings is 1. The molecule has 1 aliphatic carbocycles. The average molecular weight is 494 g/mol. The zero-order chi connectivity index (χ0) is 24.1. The number of esters is 1. The molecule has 2 aromatic rings. The van der Waals surface area contributed by atoms with E-state index in [9.17, 15) is 14.0 Å². The molecule has 1 aliphatic heterocycles. The first kappa shape index (κ1) is 24.6. The topological polar surface area (TPSA) is 93.9 Å². The van der Waals surface area contributed by atoms with Crippen LogP contribution in [0, 0.1) is 12.7 Å². The van der Waals surface area contributed by atoms with Crippen molar-refractivity contribution in [1.29, 1.82) is 0 Å². The number of hydrogen-bond donors (Lipinski definition) is 1. The number of aryl methyl sites for hydroxylation is 1. The Labute approximate surface area is 202 Å². The fourth-order valence-corrected chi connectivity index (χ4v) is 5.13. The molecular formula is C24H29ClFN3O5. The van der Waals surface area contributed by atoms with Crippen molar-refractivity contribution in [3.8, 4) is 11.3 Å². The van der Waals surface area contributed by atoms with Crippen LogP contribution in [0.4, 0.5) is 4.39 Å². The zero-order valence-corrected chi connectivity index (χ0v) is 20.0. The largest absolute Gasteiger partial charge is 0.452 e. The Hall–Kier alpha value is -2.49. The molecule has 0 bridgehead atoms. The number of halogens is 2. The van der Waals surface area contributed by atoms with Crippen LogP contribution in [0.1, 0.15) is 48.2 Å². The number of carbonyl (C=O) groups is 2. The second-order valence-electron chi connectivity index (χ2n) is 8.80. The molecule has 0 atom stereocenters. The molecule has 2 heterocycles. The van der Waals surface area contributed by atoms with E-state index in [4.69, 9.17) is 25.6 Å². The molecule has 4 rings (SSSR count). The molecule has 1 saturated carbocycles. The number of carbonyl (C=O) groups excluding carboxylic acids is 2. The highest BCUT2D eigenvalue weighted by atomic mass is 35.5. The lowest BCUT2D eigenvalue weighted by Crippen LogP contribution is -2.59. The van der Waals surface area contributed by atoms with Crippen LogP contribution in [0.2, 0.25) is 5.02 Å². The number of ether oxygens (including phenoxy) is 2. The first-order chi connectivity index (χ1) is 16.4. The summed E-state index contributed by atoms with van der Waals surface area (Å²) in [7, 11) is 0. The lowest BCUT2D eigenvalue weighted by atomic mass is 9.79. The van der Waals surface area contributed by atoms with E-state index >= 15 is 0 Å². The van der Waals surface area contributed by atoms with Crippen LogP contribution in [0.5, 0.6) is 0 Å². The number of amides is 1. The minimum atomic E-state index is -0.830. The maximum absolute atomic E-state index is 14.4. The van der Waals surface area contributed by atoms with Crippen LogP contribution in [-0.2, 0) is 14.3 Å². The van der Waals surface area contributed by atoms with Crippen molar-refractivity contribution in [2.45, 2.75) is 44.6 Å². The lowest BCUT2D eigenvalue weighted by Gasteiger charge is -2.48. The summed E-state index contributed by atoms with van der Waals surface area (Å²) in [6.07, 6.45) is 5.47. The highest BCUT2D eigenvalue weighted by molar-refractivity contribution is 6.33. The van der Waals surface area contributed by atoms with Gasteiger partial charge in [-0.25, -0.2) is 9.18 Å². The van der Waals surface area contributed by atoms with Crippen molar-refractivity contribution in [3.05, 3.63) is 40.4 Å². The highest BCUT2D eigenvalue weighted by Gasteiger charge is 2.39. The Morgan fingerprint density at radius 3 is 2.68 bits per heavy atom. The van der Waals surface area contributed by atoms with Crippen molar-refractivity contribution < 1.29 is 28.0 Å². The summed E-state index contributed by atoms with van der Waals surface area (Å²) in [6, 6.07) is 4.15. The average Bonchev–Trinajstić information content (AvgIpc) is 3.23. The molecule has 1 N–H and O–H groups in total. The first-order valence-corrected chi connectivity index (χ1v) is 12.0. The molecule has 0 unspecified atom stereocenters. The molecule has 34 heavy (non-hydrogen) atoms. The SMILES string of the molecule is Cc1onc(-c2c(F)cccc2Cl)c1C(=O)OCC(=O)NCC1(N2CCOCC2)CCCCC1. The third kappa shape index (κ3) is 5.26. The van der Waals surface area contributed by atoms with Crippen molar-refractivity contribution in [3.63, 3.8) is 0 Å². The molecule has 1 aromatic heterocycles. The number of hydrogen-bond acceptors (Lipinski definition) is 7. The molecule has 1 amide bonds. The number of aromatic nitrogens is 1. The van der Waals surface area contributed by atoms with Gasteiger partial charge in [-0.3, -0.25) is 9.69 Å². The summed E-state index contributed by atoms with van der Waals surface area (Å²) >= 11 is 6.12. The monoisotopic (exact) mass is 493 g/mol. The van der Waals surface area contributed by atoms with E-state index < -0.39 is 24.3 Å². The molecule has 0 spiro atoms. The fourth-order valence-electron chi connectivity index (χ4n) is 4.88. The van der Waals surface area contributed by atoms with Crippen molar-refractivity contribution >= 4 is 23.5 Å². The zero-order valence-electron chi connectivity index (χ0n) is 19.2. The summed E-state index contributed by atoms with van der Waals surface area (Å²) in [4.78, 5) is 27.8. The third-order valence-electron chi connectivity index (χ3n) is 6.68. The minimum absolute atomic E-state index is 0.0535. The molecule has 10 heteroatoms. The maximum atomic E-state index is 14.4. The molecule has 0 radical (unpaired) electrons. The van der Waals surface area contributed by atoms with Gasteiger partial charge in [0.2, 0.25) is 0 Å². The van der Waals surface area contributed by atoms with E-state index in [1.807, 2.05) is 0 Å². The second kappa shape index (κ2) is 10.8. The van der Waals surface area contributed by atoms with Gasteiger partial charge < -0.3 is 19.3 Å². The summed E-state index contributed by atoms with van der Waals surface area (Å²) in [5.74, 6) is -1.73. The van der Waals surface area contributed by atoms with Crippen molar-refractivity contribution in [1.82, 2.24) is 15.4 Å². The van der Waals surface area contributed by atoms with E-state index in [1.54, 1.807) is 0 Å². The van der Waals surface area contributed by atoms with Gasteiger partial charge in [0.15, 0.2) is 6.61 Å². The van der Waals surface area contributed by atoms with Crippen LogP contribution < -0.4 is 5.32 Å². The standard InChI is InChI=1S/C24H29ClFN3O5/c1-16-20(22(28-34-16)21-17(25)6-5-7-18(21)26)23(31)33-14-19(30)27-15-24(8-3-2-4-9-24)29-10-12-32-13-11-29/h5-7H,2-4,8-15H2,1H3,(H,27,30). The van der Waals surface area contributed by atoms with Crippen molar-refractivity contribution in [2.75, 3.05) is 39.5 Å². The van der Waals surface area contributed by atoms with E-state index in [2.05, 4.69) is 15.4 Å². The van der Waals surface area contributed by atoms with Gasteiger partial charge in [0.25, 0.3) is 5.91 Å². The number of nitrogens with zero attached hydrogens (tertiary/aromatic N) is 2. The van der Waals surface area contributed by atoms with Crippen LogP contribution >= 0.6 is 11.6 Å². The Morgan fingerprint density at radius 2 is 1.97 bits per heavy atom. The smallest absolute Gasteiger partial charge is 0.344 e. The molecule has 2 aliphatic rings. The predicted molar refractivity (Wildman–Crippen MR) is 123 cm³/mol. The normalized spacial score (nSPS) is 18.4. The van der Waals surface area contributed by atoms with Gasteiger partial charge in [0.1, 0.15) is 22.8 Å². The fraction of sp³-hybridized carbons (Fsp3) is 0.542. The van der Waals surface area contributed by atoms with Gasteiger partial charge in [-0.15, -0.1) is 0 Å². The number of benzene rings is 1. The van der Waals surface area contributed by atoms with E-state index in [0.717, 1.165) is 38.8 Å². The van der Waals surface area contributed by atoms with Gasteiger partial charge in [-0.2, -0.15) is 0 Å². The first-order valence-electron chi connectivity index (χ1n) is 11.6. The van der Waals surface area contributed by atoms with Crippen molar-refractivity contribution in [2.24, 2.45) is 0 Å². The summed E-state index contributed by atoms with van der Waals surface area (Å²) in [5.41, 5.74) is -0.264. The van der Waals surface area contributed by atoms with Crippen LogP contribution in [-0.4, -0.2) is 66.9 Å². The molecule has 1 aromatic carbocycles.